The van der Waals surface area contributed by atoms with Gasteiger partial charge in [0.1, 0.15) is 11.9 Å². The molecule has 5 heteroatoms. The third-order valence-corrected chi connectivity index (χ3v) is 2.32. The van der Waals surface area contributed by atoms with E-state index >= 15 is 0 Å². The Hall–Kier alpha value is -2.43. The van der Waals surface area contributed by atoms with Crippen LogP contribution in [0.4, 0.5) is 11.4 Å². The van der Waals surface area contributed by atoms with Crippen LogP contribution in [-0.2, 0) is 6.54 Å². The maximum Gasteiger partial charge on any atom is 0.310 e. The molecule has 1 N–H and O–H groups in total. The van der Waals surface area contributed by atoms with Crippen molar-refractivity contribution in [2.75, 3.05) is 5.32 Å². The molecule has 0 bridgehead atoms. The second kappa shape index (κ2) is 5.07. The van der Waals surface area contributed by atoms with Crippen LogP contribution in [0.5, 0.6) is 0 Å². The summed E-state index contributed by atoms with van der Waals surface area (Å²) >= 11 is 0. The zero-order chi connectivity index (χ0) is 12.1. The second-order valence-electron chi connectivity index (χ2n) is 3.49. The van der Waals surface area contributed by atoms with Crippen molar-refractivity contribution in [3.8, 4) is 0 Å². The van der Waals surface area contributed by atoms with Gasteiger partial charge >= 0.3 is 5.69 Å². The summed E-state index contributed by atoms with van der Waals surface area (Å²) in [6, 6.07) is 11.3. The number of hydrogen-bond acceptors (Lipinski definition) is 4. The van der Waals surface area contributed by atoms with E-state index in [1.165, 1.54) is 12.4 Å². The minimum absolute atomic E-state index is 0.0107. The Morgan fingerprint density at radius 1 is 1.24 bits per heavy atom. The van der Waals surface area contributed by atoms with E-state index in [9.17, 15) is 10.1 Å². The molecule has 17 heavy (non-hydrogen) atoms. The molecule has 0 spiro atoms. The topological polar surface area (TPSA) is 68.1 Å². The van der Waals surface area contributed by atoms with E-state index in [4.69, 9.17) is 0 Å². The van der Waals surface area contributed by atoms with Crippen LogP contribution >= 0.6 is 0 Å². The molecule has 0 saturated heterocycles. The fourth-order valence-electron chi connectivity index (χ4n) is 1.47. The van der Waals surface area contributed by atoms with Gasteiger partial charge in [-0.15, -0.1) is 0 Å². The normalized spacial score (nSPS) is 9.88. The number of benzene rings is 1. The molecule has 0 aliphatic rings. The van der Waals surface area contributed by atoms with E-state index < -0.39 is 4.92 Å². The maximum absolute atomic E-state index is 10.8. The van der Waals surface area contributed by atoms with E-state index in [-0.39, 0.29) is 5.69 Å². The fraction of sp³-hybridized carbons (Fsp3) is 0.0833. The third kappa shape index (κ3) is 2.78. The van der Waals surface area contributed by atoms with Gasteiger partial charge < -0.3 is 5.32 Å². The molecule has 0 fully saturated rings. The second-order valence-corrected chi connectivity index (χ2v) is 3.49. The number of anilines is 1. The van der Waals surface area contributed by atoms with Crippen LogP contribution in [0.1, 0.15) is 5.56 Å². The number of nitro groups is 1. The van der Waals surface area contributed by atoms with Gasteiger partial charge in [0.2, 0.25) is 0 Å². The Balaban J connectivity index is 2.12. The third-order valence-electron chi connectivity index (χ3n) is 2.32. The maximum atomic E-state index is 10.8. The minimum Gasteiger partial charge on any atom is -0.375 e. The van der Waals surface area contributed by atoms with Crippen molar-refractivity contribution in [2.24, 2.45) is 0 Å². The molecule has 0 amide bonds. The first-order valence-electron chi connectivity index (χ1n) is 5.13. The van der Waals surface area contributed by atoms with Crippen molar-refractivity contribution >= 4 is 11.4 Å². The van der Waals surface area contributed by atoms with E-state index in [0.717, 1.165) is 5.56 Å². The largest absolute Gasteiger partial charge is 0.375 e. The Morgan fingerprint density at radius 2 is 2.00 bits per heavy atom. The Morgan fingerprint density at radius 3 is 2.71 bits per heavy atom. The fourth-order valence-corrected chi connectivity index (χ4v) is 1.47. The average molecular weight is 229 g/mol. The zero-order valence-electron chi connectivity index (χ0n) is 9.04. The molecular weight excluding hydrogens is 218 g/mol. The highest BCUT2D eigenvalue weighted by atomic mass is 16.6. The lowest BCUT2D eigenvalue weighted by molar-refractivity contribution is -0.384. The highest BCUT2D eigenvalue weighted by Crippen LogP contribution is 2.22. The summed E-state index contributed by atoms with van der Waals surface area (Å²) in [7, 11) is 0. The van der Waals surface area contributed by atoms with Gasteiger partial charge in [-0.05, 0) is 11.6 Å². The zero-order valence-corrected chi connectivity index (χ0v) is 9.04. The SMILES string of the molecule is O=[N+]([O-])c1cnccc1NCc1ccccc1. The van der Waals surface area contributed by atoms with Crippen LogP contribution in [0.3, 0.4) is 0 Å². The van der Waals surface area contributed by atoms with E-state index in [0.29, 0.717) is 12.2 Å². The Kier molecular flexibility index (Phi) is 3.30. The lowest BCUT2D eigenvalue weighted by atomic mass is 10.2. The van der Waals surface area contributed by atoms with Gasteiger partial charge in [-0.1, -0.05) is 30.3 Å². The molecular formula is C12H11N3O2. The molecule has 0 atom stereocenters. The van der Waals surface area contributed by atoms with Gasteiger partial charge in [-0.25, -0.2) is 0 Å². The summed E-state index contributed by atoms with van der Waals surface area (Å²) < 4.78 is 0. The van der Waals surface area contributed by atoms with Gasteiger partial charge in [-0.3, -0.25) is 15.1 Å². The molecule has 0 aliphatic carbocycles. The number of nitrogens with zero attached hydrogens (tertiary/aromatic N) is 2. The van der Waals surface area contributed by atoms with Crippen LogP contribution in [0.2, 0.25) is 0 Å². The first-order valence-corrected chi connectivity index (χ1v) is 5.13. The van der Waals surface area contributed by atoms with Crippen LogP contribution in [-0.4, -0.2) is 9.91 Å². The van der Waals surface area contributed by atoms with Crippen LogP contribution in [0.15, 0.2) is 48.8 Å². The van der Waals surface area contributed by atoms with Crippen molar-refractivity contribution in [3.05, 3.63) is 64.5 Å². The Labute approximate surface area is 98.3 Å². The number of hydrogen-bond donors (Lipinski definition) is 1. The highest BCUT2D eigenvalue weighted by Gasteiger charge is 2.12. The van der Waals surface area contributed by atoms with Crippen molar-refractivity contribution in [3.63, 3.8) is 0 Å². The molecule has 86 valence electrons. The lowest BCUT2D eigenvalue weighted by Gasteiger charge is -2.06. The first-order chi connectivity index (χ1) is 8.27. The van der Waals surface area contributed by atoms with Crippen molar-refractivity contribution in [1.29, 1.82) is 0 Å². The summed E-state index contributed by atoms with van der Waals surface area (Å²) in [6.45, 7) is 0.547. The molecule has 0 aliphatic heterocycles. The molecule has 1 aromatic heterocycles. The molecule has 0 unspecified atom stereocenters. The molecule has 2 aromatic rings. The van der Waals surface area contributed by atoms with Gasteiger partial charge in [0.05, 0.1) is 4.92 Å². The van der Waals surface area contributed by atoms with Gasteiger partial charge in [0, 0.05) is 12.7 Å². The monoisotopic (exact) mass is 229 g/mol. The standard InChI is InChI=1S/C12H11N3O2/c16-15(17)12-9-13-7-6-11(12)14-8-10-4-2-1-3-5-10/h1-7,9H,8H2,(H,13,14). The lowest BCUT2D eigenvalue weighted by Crippen LogP contribution is -2.02. The van der Waals surface area contributed by atoms with E-state index in [2.05, 4.69) is 10.3 Å². The molecule has 0 radical (unpaired) electrons. The average Bonchev–Trinajstić information content (AvgIpc) is 2.38. The van der Waals surface area contributed by atoms with Crippen molar-refractivity contribution in [1.82, 2.24) is 4.98 Å². The summed E-state index contributed by atoms with van der Waals surface area (Å²) in [5, 5.41) is 13.8. The van der Waals surface area contributed by atoms with Crippen molar-refractivity contribution in [2.45, 2.75) is 6.54 Å². The summed E-state index contributed by atoms with van der Waals surface area (Å²) in [5.74, 6) is 0. The van der Waals surface area contributed by atoms with Crippen LogP contribution in [0.25, 0.3) is 0 Å². The molecule has 5 nitrogen and oxygen atoms in total. The molecule has 1 aromatic carbocycles. The predicted molar refractivity (Wildman–Crippen MR) is 64.7 cm³/mol. The molecule has 0 saturated carbocycles. The first kappa shape index (κ1) is 11.1. The molecule has 1 heterocycles. The summed E-state index contributed by atoms with van der Waals surface area (Å²) in [4.78, 5) is 14.1. The van der Waals surface area contributed by atoms with Gasteiger partial charge in [0.25, 0.3) is 0 Å². The van der Waals surface area contributed by atoms with Crippen LogP contribution < -0.4 is 5.32 Å². The highest BCUT2D eigenvalue weighted by molar-refractivity contribution is 5.59. The molecule has 2 rings (SSSR count). The number of aromatic nitrogens is 1. The van der Waals surface area contributed by atoms with E-state index in [1.807, 2.05) is 30.3 Å². The predicted octanol–water partition coefficient (Wildman–Crippen LogP) is 2.60. The van der Waals surface area contributed by atoms with Crippen molar-refractivity contribution < 1.29 is 4.92 Å². The number of pyridine rings is 1. The van der Waals surface area contributed by atoms with Gasteiger partial charge in [0.15, 0.2) is 0 Å². The smallest absolute Gasteiger partial charge is 0.310 e. The van der Waals surface area contributed by atoms with Gasteiger partial charge in [-0.2, -0.15) is 0 Å². The summed E-state index contributed by atoms with van der Waals surface area (Å²) in [5.41, 5.74) is 1.54. The number of nitrogens with one attached hydrogen (secondary N) is 1. The van der Waals surface area contributed by atoms with Crippen LogP contribution in [0, 0.1) is 10.1 Å². The summed E-state index contributed by atoms with van der Waals surface area (Å²) in [6.07, 6.45) is 2.77. The Bertz CT molecular complexity index is 514. The minimum atomic E-state index is -0.444. The van der Waals surface area contributed by atoms with E-state index in [1.54, 1.807) is 6.07 Å². The quantitative estimate of drug-likeness (QED) is 0.646. The number of rotatable bonds is 4.